The van der Waals surface area contributed by atoms with E-state index < -0.39 is 10.0 Å². The number of rotatable bonds is 2. The molecule has 0 amide bonds. The van der Waals surface area contributed by atoms with Crippen molar-refractivity contribution in [2.24, 2.45) is 5.73 Å². The third kappa shape index (κ3) is 2.11. The van der Waals surface area contributed by atoms with E-state index in [1.165, 1.54) is 10.5 Å². The number of aryl methyl sites for hydroxylation is 1. The van der Waals surface area contributed by atoms with Gasteiger partial charge in [-0.15, -0.1) is 0 Å². The molecule has 1 aliphatic rings. The zero-order chi connectivity index (χ0) is 11.8. The summed E-state index contributed by atoms with van der Waals surface area (Å²) in [6, 6.07) is -0.0625. The number of nitrogens with zero attached hydrogens (tertiary/aromatic N) is 2. The van der Waals surface area contributed by atoms with E-state index in [0.717, 1.165) is 12.8 Å². The smallest absolute Gasteiger partial charge is 0.260 e. The topological polar surface area (TPSA) is 92.1 Å². The van der Waals surface area contributed by atoms with Crippen LogP contribution < -0.4 is 5.73 Å². The van der Waals surface area contributed by atoms with Crippen molar-refractivity contribution in [2.45, 2.75) is 30.8 Å². The van der Waals surface area contributed by atoms with Crippen molar-refractivity contribution in [3.8, 4) is 0 Å². The fourth-order valence-electron chi connectivity index (χ4n) is 1.86. The molecule has 2 heterocycles. The first kappa shape index (κ1) is 11.6. The lowest BCUT2D eigenvalue weighted by molar-refractivity contribution is 0.315. The number of aromatic nitrogens is 2. The molecule has 16 heavy (non-hydrogen) atoms. The number of H-pyrrole nitrogens is 1. The largest absolute Gasteiger partial charge is 0.332 e. The molecule has 0 saturated carbocycles. The summed E-state index contributed by atoms with van der Waals surface area (Å²) in [4.78, 5) is 6.65. The van der Waals surface area contributed by atoms with Crippen LogP contribution in [0.4, 0.5) is 0 Å². The fraction of sp³-hybridized carbons (Fsp3) is 0.667. The molecule has 0 radical (unpaired) electrons. The molecule has 3 N–H and O–H groups in total. The Bertz CT molecular complexity index is 468. The lowest BCUT2D eigenvalue weighted by atomic mass is 10.1. The van der Waals surface area contributed by atoms with Gasteiger partial charge in [0.25, 0.3) is 10.0 Å². The van der Waals surface area contributed by atoms with E-state index in [1.54, 1.807) is 6.92 Å². The molecule has 1 saturated heterocycles. The van der Waals surface area contributed by atoms with E-state index in [9.17, 15) is 8.42 Å². The highest BCUT2D eigenvalue weighted by molar-refractivity contribution is 7.89. The van der Waals surface area contributed by atoms with Crippen LogP contribution in [-0.4, -0.2) is 41.8 Å². The summed E-state index contributed by atoms with van der Waals surface area (Å²) < 4.78 is 25.7. The predicted molar refractivity (Wildman–Crippen MR) is 59.3 cm³/mol. The van der Waals surface area contributed by atoms with Gasteiger partial charge in [0.05, 0.1) is 6.20 Å². The van der Waals surface area contributed by atoms with Gasteiger partial charge in [-0.25, -0.2) is 13.4 Å². The molecule has 1 unspecified atom stereocenters. The third-order valence-electron chi connectivity index (χ3n) is 2.72. The predicted octanol–water partition coefficient (Wildman–Crippen LogP) is -0.170. The molecule has 1 atom stereocenters. The van der Waals surface area contributed by atoms with E-state index in [0.29, 0.717) is 18.9 Å². The van der Waals surface area contributed by atoms with Gasteiger partial charge >= 0.3 is 0 Å². The van der Waals surface area contributed by atoms with Crippen LogP contribution in [0, 0.1) is 6.92 Å². The van der Waals surface area contributed by atoms with Crippen LogP contribution in [0.5, 0.6) is 0 Å². The van der Waals surface area contributed by atoms with E-state index >= 15 is 0 Å². The maximum atomic E-state index is 12.1. The van der Waals surface area contributed by atoms with Gasteiger partial charge in [-0.3, -0.25) is 0 Å². The Morgan fingerprint density at radius 1 is 1.62 bits per heavy atom. The summed E-state index contributed by atoms with van der Waals surface area (Å²) >= 11 is 0. The number of aromatic amines is 1. The minimum absolute atomic E-state index is 0.0625. The molecule has 1 fully saturated rings. The Morgan fingerprint density at radius 2 is 2.38 bits per heavy atom. The molecule has 0 aliphatic carbocycles. The first-order valence-electron chi connectivity index (χ1n) is 5.27. The van der Waals surface area contributed by atoms with E-state index in [-0.39, 0.29) is 11.1 Å². The molecule has 0 spiro atoms. The maximum Gasteiger partial charge on any atom is 0.260 e. The Morgan fingerprint density at radius 3 is 2.94 bits per heavy atom. The molecular weight excluding hydrogens is 228 g/mol. The monoisotopic (exact) mass is 244 g/mol. The van der Waals surface area contributed by atoms with Crippen LogP contribution in [0.1, 0.15) is 18.7 Å². The fourth-order valence-corrected chi connectivity index (χ4v) is 3.36. The molecule has 90 valence electrons. The number of hydrogen-bond acceptors (Lipinski definition) is 4. The number of piperidine rings is 1. The molecule has 1 aliphatic heterocycles. The first-order chi connectivity index (χ1) is 7.50. The Balaban J connectivity index is 2.25. The van der Waals surface area contributed by atoms with Crippen LogP contribution in [0.2, 0.25) is 0 Å². The highest BCUT2D eigenvalue weighted by Gasteiger charge is 2.29. The normalized spacial score (nSPS) is 23.5. The van der Waals surface area contributed by atoms with Gasteiger partial charge in [0.2, 0.25) is 0 Å². The third-order valence-corrected chi connectivity index (χ3v) is 4.49. The average molecular weight is 244 g/mol. The summed E-state index contributed by atoms with van der Waals surface area (Å²) in [7, 11) is -3.44. The molecule has 1 aromatic rings. The average Bonchev–Trinajstić information content (AvgIpc) is 2.65. The minimum atomic E-state index is -3.44. The van der Waals surface area contributed by atoms with Gasteiger partial charge in [0, 0.05) is 19.1 Å². The zero-order valence-electron chi connectivity index (χ0n) is 9.18. The van der Waals surface area contributed by atoms with E-state index in [4.69, 9.17) is 5.73 Å². The van der Waals surface area contributed by atoms with Crippen molar-refractivity contribution in [1.82, 2.24) is 14.3 Å². The summed E-state index contributed by atoms with van der Waals surface area (Å²) in [6.07, 6.45) is 3.05. The van der Waals surface area contributed by atoms with E-state index in [1.807, 2.05) is 0 Å². The van der Waals surface area contributed by atoms with Gasteiger partial charge in [-0.05, 0) is 19.8 Å². The molecule has 0 aromatic carbocycles. The van der Waals surface area contributed by atoms with Gasteiger partial charge in [0.15, 0.2) is 5.03 Å². The summed E-state index contributed by atoms with van der Waals surface area (Å²) in [5.41, 5.74) is 5.77. The summed E-state index contributed by atoms with van der Waals surface area (Å²) in [5.74, 6) is 0.597. The lowest BCUT2D eigenvalue weighted by Crippen LogP contribution is -2.45. The zero-order valence-corrected chi connectivity index (χ0v) is 10.00. The molecule has 0 bridgehead atoms. The molecule has 6 nitrogen and oxygen atoms in total. The number of sulfonamides is 1. The SMILES string of the molecule is Cc1ncc(S(=O)(=O)N2CCCC(N)C2)[nH]1. The number of imidazole rings is 1. The Labute approximate surface area is 94.9 Å². The Hall–Kier alpha value is -0.920. The quantitative estimate of drug-likeness (QED) is 0.755. The van der Waals surface area contributed by atoms with Crippen molar-refractivity contribution in [1.29, 1.82) is 0 Å². The van der Waals surface area contributed by atoms with Crippen molar-refractivity contribution in [3.05, 3.63) is 12.0 Å². The van der Waals surface area contributed by atoms with Gasteiger partial charge in [0.1, 0.15) is 5.82 Å². The van der Waals surface area contributed by atoms with Crippen LogP contribution in [-0.2, 0) is 10.0 Å². The standard InChI is InChI=1S/C9H16N4O2S/c1-7-11-5-9(12-7)16(14,15)13-4-2-3-8(10)6-13/h5,8H,2-4,6,10H2,1H3,(H,11,12). The molecular formula is C9H16N4O2S. The van der Waals surface area contributed by atoms with Crippen LogP contribution in [0.3, 0.4) is 0 Å². The number of hydrogen-bond donors (Lipinski definition) is 2. The van der Waals surface area contributed by atoms with Gasteiger partial charge in [-0.2, -0.15) is 4.31 Å². The van der Waals surface area contributed by atoms with Crippen molar-refractivity contribution in [3.63, 3.8) is 0 Å². The second-order valence-electron chi connectivity index (χ2n) is 4.10. The molecule has 1 aromatic heterocycles. The second-order valence-corrected chi connectivity index (χ2v) is 6.00. The maximum absolute atomic E-state index is 12.1. The van der Waals surface area contributed by atoms with Crippen molar-refractivity contribution in [2.75, 3.05) is 13.1 Å². The number of nitrogens with two attached hydrogens (primary N) is 1. The summed E-state index contributed by atoms with van der Waals surface area (Å²) in [6.45, 7) is 2.65. The highest BCUT2D eigenvalue weighted by Crippen LogP contribution is 2.18. The van der Waals surface area contributed by atoms with Gasteiger partial charge < -0.3 is 10.7 Å². The van der Waals surface area contributed by atoms with E-state index in [2.05, 4.69) is 9.97 Å². The molecule has 7 heteroatoms. The van der Waals surface area contributed by atoms with Crippen molar-refractivity contribution >= 4 is 10.0 Å². The first-order valence-corrected chi connectivity index (χ1v) is 6.71. The van der Waals surface area contributed by atoms with Gasteiger partial charge in [-0.1, -0.05) is 0 Å². The highest BCUT2D eigenvalue weighted by atomic mass is 32.2. The molecule has 2 rings (SSSR count). The Kier molecular flexibility index (Phi) is 3.00. The lowest BCUT2D eigenvalue weighted by Gasteiger charge is -2.29. The summed E-state index contributed by atoms with van der Waals surface area (Å²) in [5, 5.41) is 0.152. The van der Waals surface area contributed by atoms with Crippen LogP contribution in [0.15, 0.2) is 11.2 Å². The van der Waals surface area contributed by atoms with Crippen LogP contribution >= 0.6 is 0 Å². The van der Waals surface area contributed by atoms with Crippen molar-refractivity contribution < 1.29 is 8.42 Å². The minimum Gasteiger partial charge on any atom is -0.332 e. The van der Waals surface area contributed by atoms with Crippen LogP contribution in [0.25, 0.3) is 0 Å². The number of nitrogens with one attached hydrogen (secondary N) is 1. The second kappa shape index (κ2) is 4.15.